The van der Waals surface area contributed by atoms with E-state index in [0.717, 1.165) is 29.5 Å². The molecule has 3 aromatic carbocycles. The monoisotopic (exact) mass is 678 g/mol. The number of carbonyl (C=O) groups is 2. The number of alkyl halides is 6. The lowest BCUT2D eigenvalue weighted by molar-refractivity contribution is -0.274. The number of ether oxygens (including phenoxy) is 2. The first-order valence-corrected chi connectivity index (χ1v) is 14.6. The average Bonchev–Trinajstić information content (AvgIpc) is 3.61. The Morgan fingerprint density at radius 2 is 1.77 bits per heavy atom. The number of aromatic nitrogens is 3. The Morgan fingerprint density at radius 1 is 1.02 bits per heavy atom. The van der Waals surface area contributed by atoms with E-state index in [2.05, 4.69) is 25.1 Å². The molecule has 17 heteroatoms. The first-order chi connectivity index (χ1) is 22.1. The molecule has 10 nitrogen and oxygen atoms in total. The zero-order valence-corrected chi connectivity index (χ0v) is 25.3. The van der Waals surface area contributed by atoms with Gasteiger partial charge >= 0.3 is 18.6 Å². The molecular weight excluding hydrogens is 654 g/mol. The molecule has 1 aromatic heterocycles. The zero-order valence-electron chi connectivity index (χ0n) is 24.5. The van der Waals surface area contributed by atoms with Crippen LogP contribution in [0.4, 0.5) is 42.5 Å². The van der Waals surface area contributed by atoms with Gasteiger partial charge in [0.25, 0.3) is 0 Å². The standard InChI is InChI=1S/C30H24F6N6O4S/c1-17-3-4-20(13-45-15-29(31,32)33)24(11-17)42-25(43)14-47-28(42)39-27(44)38-23-10-5-19(12-18(23)2)26-37-16-41(40-26)21-6-8-22(9-7-21)46-30(34,35)36/h3-12,16H,13-15H2,1-2H3,(H,38,44)/b39-28-. The summed E-state index contributed by atoms with van der Waals surface area (Å²) in [6.45, 7) is 1.61. The van der Waals surface area contributed by atoms with E-state index in [1.807, 2.05) is 0 Å². The van der Waals surface area contributed by atoms with Crippen molar-refractivity contribution in [3.05, 3.63) is 83.7 Å². The predicted molar refractivity (Wildman–Crippen MR) is 162 cm³/mol. The Morgan fingerprint density at radius 3 is 2.45 bits per heavy atom. The summed E-state index contributed by atoms with van der Waals surface area (Å²) in [5.74, 6) is -0.490. The Hall–Kier alpha value is -4.90. The molecule has 1 N–H and O–H groups in total. The molecule has 1 fully saturated rings. The average molecular weight is 679 g/mol. The van der Waals surface area contributed by atoms with Gasteiger partial charge in [-0.05, 0) is 73.5 Å². The summed E-state index contributed by atoms with van der Waals surface area (Å²) < 4.78 is 85.3. The number of anilines is 2. The lowest BCUT2D eigenvalue weighted by Gasteiger charge is -2.21. The molecule has 47 heavy (non-hydrogen) atoms. The van der Waals surface area contributed by atoms with Gasteiger partial charge in [-0.1, -0.05) is 23.9 Å². The molecule has 0 bridgehead atoms. The van der Waals surface area contributed by atoms with Gasteiger partial charge in [0.1, 0.15) is 18.7 Å². The van der Waals surface area contributed by atoms with Gasteiger partial charge in [0.2, 0.25) is 5.91 Å². The minimum atomic E-state index is -4.81. The van der Waals surface area contributed by atoms with Crippen molar-refractivity contribution in [1.82, 2.24) is 14.8 Å². The third-order valence-electron chi connectivity index (χ3n) is 6.52. The number of nitrogens with zero attached hydrogens (tertiary/aromatic N) is 5. The highest BCUT2D eigenvalue weighted by Crippen LogP contribution is 2.32. The molecule has 0 radical (unpaired) electrons. The normalized spacial score (nSPS) is 14.6. The Balaban J connectivity index is 1.29. The third-order valence-corrected chi connectivity index (χ3v) is 7.44. The van der Waals surface area contributed by atoms with E-state index in [1.54, 1.807) is 50.2 Å². The molecule has 0 unspecified atom stereocenters. The second-order valence-corrected chi connectivity index (χ2v) is 11.1. The quantitative estimate of drug-likeness (QED) is 0.196. The summed E-state index contributed by atoms with van der Waals surface area (Å²) in [6, 6.07) is 14.1. The molecule has 3 amide bonds. The molecule has 4 aromatic rings. The van der Waals surface area contributed by atoms with E-state index in [-0.39, 0.29) is 22.4 Å². The van der Waals surface area contributed by atoms with E-state index >= 15 is 0 Å². The first kappa shape index (κ1) is 33.5. The molecule has 0 aliphatic carbocycles. The molecule has 1 aliphatic rings. The number of hydrogen-bond acceptors (Lipinski definition) is 7. The van der Waals surface area contributed by atoms with E-state index in [9.17, 15) is 35.9 Å². The van der Waals surface area contributed by atoms with Crippen molar-refractivity contribution in [2.75, 3.05) is 22.6 Å². The predicted octanol–water partition coefficient (Wildman–Crippen LogP) is 7.20. The van der Waals surface area contributed by atoms with E-state index in [1.165, 1.54) is 28.0 Å². The summed E-state index contributed by atoms with van der Waals surface area (Å²) in [4.78, 5) is 35.3. The van der Waals surface area contributed by atoms with E-state index in [4.69, 9.17) is 4.74 Å². The number of urea groups is 1. The smallest absolute Gasteiger partial charge is 0.406 e. The molecule has 5 rings (SSSR count). The number of thioether (sulfide) groups is 1. The molecule has 1 saturated heterocycles. The second-order valence-electron chi connectivity index (χ2n) is 10.2. The topological polar surface area (TPSA) is 111 Å². The maximum absolute atomic E-state index is 13.0. The van der Waals surface area contributed by atoms with Crippen LogP contribution in [0.2, 0.25) is 0 Å². The lowest BCUT2D eigenvalue weighted by atomic mass is 10.1. The van der Waals surface area contributed by atoms with Gasteiger partial charge in [0, 0.05) is 16.8 Å². The zero-order chi connectivity index (χ0) is 33.9. The van der Waals surface area contributed by atoms with Crippen LogP contribution in [0.25, 0.3) is 17.1 Å². The fraction of sp³-hybridized carbons (Fsp3) is 0.233. The number of aliphatic imine (C=N–C) groups is 1. The first-order valence-electron chi connectivity index (χ1n) is 13.6. The molecule has 2 heterocycles. The van der Waals surface area contributed by atoms with Gasteiger partial charge in [0.05, 0.1) is 23.7 Å². The second kappa shape index (κ2) is 13.4. The number of hydrogen-bond donors (Lipinski definition) is 1. The number of carbonyl (C=O) groups excluding carboxylic acids is 2. The Labute approximate surface area is 267 Å². The molecule has 0 atom stereocenters. The fourth-order valence-corrected chi connectivity index (χ4v) is 5.31. The van der Waals surface area contributed by atoms with Crippen LogP contribution in [0.5, 0.6) is 5.75 Å². The summed E-state index contributed by atoms with van der Waals surface area (Å²) >= 11 is 1.01. The minimum Gasteiger partial charge on any atom is -0.406 e. The van der Waals surface area contributed by atoms with Crippen molar-refractivity contribution in [2.24, 2.45) is 4.99 Å². The van der Waals surface area contributed by atoms with Crippen molar-refractivity contribution in [2.45, 2.75) is 33.0 Å². The number of halogens is 6. The van der Waals surface area contributed by atoms with Crippen LogP contribution in [0.1, 0.15) is 16.7 Å². The van der Waals surface area contributed by atoms with Crippen LogP contribution in [0, 0.1) is 13.8 Å². The van der Waals surface area contributed by atoms with Crippen molar-refractivity contribution in [3.8, 4) is 22.8 Å². The van der Waals surface area contributed by atoms with Crippen LogP contribution in [0.3, 0.4) is 0 Å². The van der Waals surface area contributed by atoms with Crippen molar-refractivity contribution >= 4 is 40.2 Å². The summed E-state index contributed by atoms with van der Waals surface area (Å²) in [5, 5.41) is 7.09. The lowest BCUT2D eigenvalue weighted by Crippen LogP contribution is -2.31. The maximum Gasteiger partial charge on any atom is 0.573 e. The number of rotatable bonds is 8. The van der Waals surface area contributed by atoms with Crippen LogP contribution in [-0.4, -0.2) is 56.8 Å². The highest BCUT2D eigenvalue weighted by molar-refractivity contribution is 8.15. The summed E-state index contributed by atoms with van der Waals surface area (Å²) in [7, 11) is 0. The van der Waals surface area contributed by atoms with Crippen molar-refractivity contribution < 1.29 is 45.4 Å². The van der Waals surface area contributed by atoms with Gasteiger partial charge in [-0.2, -0.15) is 18.2 Å². The van der Waals surface area contributed by atoms with Gasteiger partial charge < -0.3 is 14.8 Å². The van der Waals surface area contributed by atoms with Gasteiger partial charge in [-0.3, -0.25) is 9.69 Å². The van der Waals surface area contributed by atoms with Crippen LogP contribution in [0.15, 0.2) is 72.0 Å². The Bertz CT molecular complexity index is 1820. The third kappa shape index (κ3) is 8.68. The SMILES string of the molecule is Cc1ccc(COCC(F)(F)F)c(N2C(=O)CS/C2=N\C(=O)Nc2ccc(-c3ncn(-c4ccc(OC(F)(F)F)cc4)n3)cc2C)c1. The van der Waals surface area contributed by atoms with Gasteiger partial charge in [-0.25, -0.2) is 14.5 Å². The summed E-state index contributed by atoms with van der Waals surface area (Å²) in [6.07, 6.45) is -7.93. The fourth-order valence-electron chi connectivity index (χ4n) is 4.46. The number of amides is 3. The minimum absolute atomic E-state index is 0.0260. The molecule has 246 valence electrons. The maximum atomic E-state index is 13.0. The molecular formula is C30H24F6N6O4S. The molecule has 0 spiro atoms. The van der Waals surface area contributed by atoms with Gasteiger partial charge in [0.15, 0.2) is 11.0 Å². The van der Waals surface area contributed by atoms with E-state index < -0.39 is 37.7 Å². The van der Waals surface area contributed by atoms with Crippen molar-refractivity contribution in [3.63, 3.8) is 0 Å². The van der Waals surface area contributed by atoms with Crippen LogP contribution < -0.4 is 15.0 Å². The van der Waals surface area contributed by atoms with Gasteiger partial charge in [-0.15, -0.1) is 18.3 Å². The van der Waals surface area contributed by atoms with Crippen LogP contribution in [-0.2, 0) is 16.1 Å². The van der Waals surface area contributed by atoms with Crippen LogP contribution >= 0.6 is 11.8 Å². The largest absolute Gasteiger partial charge is 0.573 e. The molecule has 0 saturated carbocycles. The highest BCUT2D eigenvalue weighted by Gasteiger charge is 2.33. The number of benzene rings is 3. The highest BCUT2D eigenvalue weighted by atomic mass is 32.2. The molecule has 1 aliphatic heterocycles. The summed E-state index contributed by atoms with van der Waals surface area (Å²) in [5.41, 5.74) is 3.38. The Kier molecular flexibility index (Phi) is 9.58. The number of amidine groups is 1. The number of nitrogens with one attached hydrogen (secondary N) is 1. The van der Waals surface area contributed by atoms with E-state index in [0.29, 0.717) is 33.9 Å². The number of aryl methyl sites for hydroxylation is 2. The van der Waals surface area contributed by atoms with Crippen molar-refractivity contribution in [1.29, 1.82) is 0 Å².